The summed E-state index contributed by atoms with van der Waals surface area (Å²) in [7, 11) is 1.64. The highest BCUT2D eigenvalue weighted by Crippen LogP contribution is 2.47. The number of rotatable bonds is 4. The Bertz CT molecular complexity index is 590. The summed E-state index contributed by atoms with van der Waals surface area (Å²) in [6, 6.07) is 7.79. The lowest BCUT2D eigenvalue weighted by atomic mass is 10.1. The fourth-order valence-corrected chi connectivity index (χ4v) is 2.99. The van der Waals surface area contributed by atoms with E-state index in [9.17, 15) is 14.7 Å². The van der Waals surface area contributed by atoms with E-state index in [1.54, 1.807) is 12.0 Å². The minimum atomic E-state index is -1.13. The fraction of sp³-hybridized carbons (Fsp3) is 0.500. The number of hydrogen-bond donors (Lipinski definition) is 1. The average molecular weight is 304 g/mol. The van der Waals surface area contributed by atoms with Crippen molar-refractivity contribution in [3.8, 4) is 5.75 Å². The molecule has 2 fully saturated rings. The minimum absolute atomic E-state index is 0.223. The first-order valence-electron chi connectivity index (χ1n) is 7.49. The summed E-state index contributed by atoms with van der Waals surface area (Å²) in [5.41, 5.74) is -0.122. The fourth-order valence-electron chi connectivity index (χ4n) is 2.99. The first-order valence-corrected chi connectivity index (χ1v) is 7.49. The molecule has 0 aromatic heterocycles. The number of nitrogens with zero attached hydrogens (tertiary/aromatic N) is 2. The number of amides is 1. The molecule has 118 valence electrons. The summed E-state index contributed by atoms with van der Waals surface area (Å²) in [4.78, 5) is 27.5. The lowest BCUT2D eigenvalue weighted by Crippen LogP contribution is -2.52. The molecule has 0 unspecified atom stereocenters. The molecule has 1 heterocycles. The Labute approximate surface area is 129 Å². The second kappa shape index (κ2) is 5.51. The SMILES string of the molecule is COc1ccccc1N1CCN(C(=O)C2(C(=O)O)CC2)CC1. The van der Waals surface area contributed by atoms with Gasteiger partial charge in [-0.15, -0.1) is 0 Å². The summed E-state index contributed by atoms with van der Waals surface area (Å²) in [5.74, 6) is -0.393. The summed E-state index contributed by atoms with van der Waals surface area (Å²) in [5, 5.41) is 9.23. The molecule has 0 atom stereocenters. The quantitative estimate of drug-likeness (QED) is 0.847. The van der Waals surface area contributed by atoms with Crippen molar-refractivity contribution in [2.75, 3.05) is 38.2 Å². The average Bonchev–Trinajstić information content (AvgIpc) is 3.36. The zero-order valence-electron chi connectivity index (χ0n) is 12.6. The molecule has 1 aromatic carbocycles. The first kappa shape index (κ1) is 14.7. The maximum Gasteiger partial charge on any atom is 0.319 e. The monoisotopic (exact) mass is 304 g/mol. The van der Waals surface area contributed by atoms with Gasteiger partial charge in [0.05, 0.1) is 12.8 Å². The molecule has 1 saturated carbocycles. The van der Waals surface area contributed by atoms with Crippen LogP contribution in [0.4, 0.5) is 5.69 Å². The van der Waals surface area contributed by atoms with Gasteiger partial charge in [-0.25, -0.2) is 0 Å². The molecule has 0 spiro atoms. The Balaban J connectivity index is 1.66. The number of methoxy groups -OCH3 is 1. The van der Waals surface area contributed by atoms with Crippen LogP contribution in [0.1, 0.15) is 12.8 Å². The predicted octanol–water partition coefficient (Wildman–Crippen LogP) is 1.21. The van der Waals surface area contributed by atoms with Crippen molar-refractivity contribution in [2.24, 2.45) is 5.41 Å². The van der Waals surface area contributed by atoms with Crippen LogP contribution in [0, 0.1) is 5.41 Å². The molecule has 1 aliphatic heterocycles. The van der Waals surface area contributed by atoms with E-state index in [0.29, 0.717) is 39.0 Å². The number of hydrogen-bond acceptors (Lipinski definition) is 4. The van der Waals surface area contributed by atoms with Gasteiger partial charge in [0.25, 0.3) is 0 Å². The lowest BCUT2D eigenvalue weighted by Gasteiger charge is -2.37. The number of ether oxygens (including phenoxy) is 1. The molecule has 6 nitrogen and oxygen atoms in total. The van der Waals surface area contributed by atoms with Crippen molar-refractivity contribution < 1.29 is 19.4 Å². The predicted molar refractivity (Wildman–Crippen MR) is 81.1 cm³/mol. The Morgan fingerprint density at radius 1 is 1.14 bits per heavy atom. The van der Waals surface area contributed by atoms with Crippen LogP contribution < -0.4 is 9.64 Å². The molecule has 22 heavy (non-hydrogen) atoms. The van der Waals surface area contributed by atoms with Crippen molar-refractivity contribution in [1.29, 1.82) is 0 Å². The molecular weight excluding hydrogens is 284 g/mol. The molecule has 1 aromatic rings. The van der Waals surface area contributed by atoms with Crippen molar-refractivity contribution >= 4 is 17.6 Å². The van der Waals surface area contributed by atoms with Crippen LogP contribution in [0.25, 0.3) is 0 Å². The lowest BCUT2D eigenvalue weighted by molar-refractivity contribution is -0.153. The van der Waals surface area contributed by atoms with E-state index in [-0.39, 0.29) is 5.91 Å². The third kappa shape index (κ3) is 2.38. The molecule has 1 amide bonds. The Kier molecular flexibility index (Phi) is 3.68. The van der Waals surface area contributed by atoms with Crippen molar-refractivity contribution in [3.63, 3.8) is 0 Å². The largest absolute Gasteiger partial charge is 0.495 e. The Morgan fingerprint density at radius 2 is 1.77 bits per heavy atom. The Hall–Kier alpha value is -2.24. The van der Waals surface area contributed by atoms with Gasteiger partial charge in [0.2, 0.25) is 5.91 Å². The number of aliphatic carboxylic acids is 1. The van der Waals surface area contributed by atoms with Crippen LogP contribution in [0.15, 0.2) is 24.3 Å². The van der Waals surface area contributed by atoms with E-state index in [0.717, 1.165) is 11.4 Å². The van der Waals surface area contributed by atoms with Crippen LogP contribution in [0.2, 0.25) is 0 Å². The number of carboxylic acids is 1. The molecule has 3 rings (SSSR count). The molecule has 6 heteroatoms. The highest BCUT2D eigenvalue weighted by atomic mass is 16.5. The summed E-state index contributed by atoms with van der Waals surface area (Å²) in [6.45, 7) is 2.46. The third-order valence-electron chi connectivity index (χ3n) is 4.56. The highest BCUT2D eigenvalue weighted by Gasteiger charge is 2.58. The maximum absolute atomic E-state index is 12.4. The number of carboxylic acid groups (broad SMARTS) is 1. The second-order valence-corrected chi connectivity index (χ2v) is 5.84. The van der Waals surface area contributed by atoms with E-state index in [4.69, 9.17) is 4.74 Å². The normalized spacial score (nSPS) is 19.7. The van der Waals surface area contributed by atoms with Crippen LogP contribution in [0.5, 0.6) is 5.75 Å². The van der Waals surface area contributed by atoms with Gasteiger partial charge >= 0.3 is 5.97 Å². The van der Waals surface area contributed by atoms with Crippen LogP contribution in [-0.2, 0) is 9.59 Å². The van der Waals surface area contributed by atoms with Gasteiger partial charge in [0.15, 0.2) is 0 Å². The van der Waals surface area contributed by atoms with Gasteiger partial charge < -0.3 is 19.6 Å². The number of carbonyl (C=O) groups excluding carboxylic acids is 1. The molecule has 1 saturated heterocycles. The molecule has 2 aliphatic rings. The van der Waals surface area contributed by atoms with Crippen LogP contribution in [0.3, 0.4) is 0 Å². The number of carbonyl (C=O) groups is 2. The van der Waals surface area contributed by atoms with Crippen molar-refractivity contribution in [2.45, 2.75) is 12.8 Å². The van der Waals surface area contributed by atoms with Gasteiger partial charge in [-0.2, -0.15) is 0 Å². The molecule has 1 N–H and O–H groups in total. The zero-order valence-corrected chi connectivity index (χ0v) is 12.6. The van der Waals surface area contributed by atoms with Gasteiger partial charge in [-0.1, -0.05) is 12.1 Å². The minimum Gasteiger partial charge on any atom is -0.495 e. The number of benzene rings is 1. The van der Waals surface area contributed by atoms with E-state index < -0.39 is 11.4 Å². The standard InChI is InChI=1S/C16H20N2O4/c1-22-13-5-3-2-4-12(13)17-8-10-18(11-9-17)14(19)16(6-7-16)15(20)21/h2-5H,6-11H2,1H3,(H,20,21). The molecule has 1 aliphatic carbocycles. The van der Waals surface area contributed by atoms with Crippen LogP contribution >= 0.6 is 0 Å². The van der Waals surface area contributed by atoms with E-state index in [1.807, 2.05) is 24.3 Å². The van der Waals surface area contributed by atoms with E-state index in [2.05, 4.69) is 4.90 Å². The number of para-hydroxylation sites is 2. The summed E-state index contributed by atoms with van der Waals surface area (Å²) < 4.78 is 5.37. The van der Waals surface area contributed by atoms with Gasteiger partial charge in [0, 0.05) is 26.2 Å². The van der Waals surface area contributed by atoms with Gasteiger partial charge in [-0.3, -0.25) is 9.59 Å². The van der Waals surface area contributed by atoms with Crippen molar-refractivity contribution in [1.82, 2.24) is 4.90 Å². The zero-order chi connectivity index (χ0) is 15.7. The van der Waals surface area contributed by atoms with E-state index in [1.165, 1.54) is 0 Å². The highest BCUT2D eigenvalue weighted by molar-refractivity contribution is 6.04. The molecule has 0 bridgehead atoms. The second-order valence-electron chi connectivity index (χ2n) is 5.84. The topological polar surface area (TPSA) is 70.1 Å². The summed E-state index contributed by atoms with van der Waals surface area (Å²) >= 11 is 0. The first-order chi connectivity index (χ1) is 10.6. The van der Waals surface area contributed by atoms with Crippen molar-refractivity contribution in [3.05, 3.63) is 24.3 Å². The number of anilines is 1. The number of piperazine rings is 1. The summed E-state index contributed by atoms with van der Waals surface area (Å²) in [6.07, 6.45) is 0.932. The Morgan fingerprint density at radius 3 is 2.32 bits per heavy atom. The molecular formula is C16H20N2O4. The van der Waals surface area contributed by atoms with Crippen LogP contribution in [-0.4, -0.2) is 55.2 Å². The maximum atomic E-state index is 12.4. The van der Waals surface area contributed by atoms with Gasteiger partial charge in [0.1, 0.15) is 11.2 Å². The smallest absolute Gasteiger partial charge is 0.319 e. The third-order valence-corrected chi connectivity index (χ3v) is 4.56. The van der Waals surface area contributed by atoms with E-state index >= 15 is 0 Å². The molecule has 0 radical (unpaired) electrons. The van der Waals surface area contributed by atoms with Gasteiger partial charge in [-0.05, 0) is 25.0 Å².